The third kappa shape index (κ3) is 2.69. The molecule has 0 radical (unpaired) electrons. The second kappa shape index (κ2) is 7.64. The fraction of sp³-hybridized carbons (Fsp3) is 0.133. The van der Waals surface area contributed by atoms with Crippen LogP contribution in [0.15, 0.2) is 97.1 Å². The zero-order valence-corrected chi connectivity index (χ0v) is 22.7. The van der Waals surface area contributed by atoms with Crippen molar-refractivity contribution in [1.82, 2.24) is 0 Å². The molecule has 6 heteroatoms. The summed E-state index contributed by atoms with van der Waals surface area (Å²) in [4.78, 5) is 29.7. The highest BCUT2D eigenvalue weighted by molar-refractivity contribution is 9.10. The molecule has 2 bridgehead atoms. The molecule has 0 N–H and O–H groups in total. The first kappa shape index (κ1) is 22.5. The van der Waals surface area contributed by atoms with Gasteiger partial charge >= 0.3 is 0 Å². The number of imide groups is 1. The number of halogens is 3. The normalized spacial score (nSPS) is 27.6. The molecule has 1 heterocycles. The first-order valence-electron chi connectivity index (χ1n) is 11.7. The minimum Gasteiger partial charge on any atom is -0.274 e. The first-order chi connectivity index (χ1) is 17.4. The average molecular weight is 620 g/mol. The standard InChI is InChI=1S/C30H18Br2ClNO2/c31-29-21-5-1-2-6-22(21)30(32,24-8-4-3-7-23(24)29)26-25(29)27(35)34(28(26)36)20-15-11-18(12-16-20)17-9-13-19(33)14-10-17/h1-16,25-26H/t25-,26+,29?,30?. The van der Waals surface area contributed by atoms with E-state index in [1.807, 2.05) is 72.8 Å². The van der Waals surface area contributed by atoms with E-state index in [-0.39, 0.29) is 11.8 Å². The lowest BCUT2D eigenvalue weighted by Gasteiger charge is -2.55. The van der Waals surface area contributed by atoms with Crippen LogP contribution in [-0.2, 0) is 18.2 Å². The Balaban J connectivity index is 1.37. The number of carbonyl (C=O) groups is 2. The number of hydrogen-bond acceptors (Lipinski definition) is 2. The highest BCUT2D eigenvalue weighted by atomic mass is 79.9. The second-order valence-corrected chi connectivity index (χ2v) is 12.5. The van der Waals surface area contributed by atoms with E-state index in [9.17, 15) is 9.59 Å². The lowest BCUT2D eigenvalue weighted by atomic mass is 9.54. The van der Waals surface area contributed by atoms with Crippen molar-refractivity contribution in [2.24, 2.45) is 11.8 Å². The van der Waals surface area contributed by atoms with Crippen molar-refractivity contribution in [3.63, 3.8) is 0 Å². The predicted molar refractivity (Wildman–Crippen MR) is 149 cm³/mol. The maximum atomic E-state index is 14.1. The van der Waals surface area contributed by atoms with Crippen molar-refractivity contribution in [3.8, 4) is 11.1 Å². The maximum absolute atomic E-state index is 14.1. The number of anilines is 1. The third-order valence-corrected chi connectivity index (χ3v) is 10.8. The molecule has 8 rings (SSSR count). The quantitative estimate of drug-likeness (QED) is 0.173. The van der Waals surface area contributed by atoms with Crippen LogP contribution in [0.25, 0.3) is 11.1 Å². The zero-order chi connectivity index (χ0) is 24.8. The largest absolute Gasteiger partial charge is 0.274 e. The van der Waals surface area contributed by atoms with E-state index in [1.165, 1.54) is 4.90 Å². The molecule has 36 heavy (non-hydrogen) atoms. The second-order valence-electron chi connectivity index (χ2n) is 9.54. The topological polar surface area (TPSA) is 37.4 Å². The van der Waals surface area contributed by atoms with E-state index in [0.29, 0.717) is 10.7 Å². The SMILES string of the molecule is O=C1[C@@H]2[C@H](C(=O)N1c1ccc(-c3ccc(Cl)cc3)cc1)C1(Br)c3ccccc3C2(Br)c2ccccc21. The van der Waals surface area contributed by atoms with Gasteiger partial charge in [0.1, 0.15) is 0 Å². The van der Waals surface area contributed by atoms with Crippen LogP contribution in [0, 0.1) is 11.8 Å². The lowest BCUT2D eigenvalue weighted by molar-refractivity contribution is -0.122. The summed E-state index contributed by atoms with van der Waals surface area (Å²) in [5.41, 5.74) is 6.70. The van der Waals surface area contributed by atoms with Crippen LogP contribution in [0.4, 0.5) is 5.69 Å². The maximum Gasteiger partial charge on any atom is 0.239 e. The Bertz CT molecular complexity index is 1460. The highest BCUT2D eigenvalue weighted by Crippen LogP contribution is 2.70. The van der Waals surface area contributed by atoms with Crippen LogP contribution in [0.3, 0.4) is 0 Å². The molecule has 176 valence electrons. The average Bonchev–Trinajstić information content (AvgIpc) is 3.19. The molecule has 1 aliphatic heterocycles. The first-order valence-corrected chi connectivity index (χ1v) is 13.6. The summed E-state index contributed by atoms with van der Waals surface area (Å²) >= 11 is 14.1. The van der Waals surface area contributed by atoms with Gasteiger partial charge in [0.2, 0.25) is 11.8 Å². The molecule has 2 atom stereocenters. The molecule has 4 aromatic rings. The molecule has 0 unspecified atom stereocenters. The Morgan fingerprint density at radius 2 is 0.944 bits per heavy atom. The summed E-state index contributed by atoms with van der Waals surface area (Å²) in [6, 6.07) is 31.4. The minimum absolute atomic E-state index is 0.186. The van der Waals surface area contributed by atoms with E-state index in [2.05, 4.69) is 56.1 Å². The van der Waals surface area contributed by atoms with Gasteiger partial charge in [-0.1, -0.05) is 116 Å². The van der Waals surface area contributed by atoms with Crippen molar-refractivity contribution in [2.75, 3.05) is 4.90 Å². The van der Waals surface area contributed by atoms with Gasteiger partial charge in [0.25, 0.3) is 0 Å². The van der Waals surface area contributed by atoms with Crippen LogP contribution in [0.2, 0.25) is 5.02 Å². The molecule has 0 saturated carbocycles. The van der Waals surface area contributed by atoms with Gasteiger partial charge in [-0.2, -0.15) is 0 Å². The van der Waals surface area contributed by atoms with Crippen LogP contribution in [-0.4, -0.2) is 11.8 Å². The van der Waals surface area contributed by atoms with E-state index in [4.69, 9.17) is 11.6 Å². The van der Waals surface area contributed by atoms with E-state index >= 15 is 0 Å². The van der Waals surface area contributed by atoms with Gasteiger partial charge in [-0.3, -0.25) is 9.59 Å². The summed E-state index contributed by atoms with van der Waals surface area (Å²) in [7, 11) is 0. The minimum atomic E-state index is -0.787. The van der Waals surface area contributed by atoms with Gasteiger partial charge in [-0.05, 0) is 57.6 Å². The number of nitrogens with zero attached hydrogens (tertiary/aromatic N) is 1. The number of benzene rings is 4. The van der Waals surface area contributed by atoms with Gasteiger partial charge in [0.15, 0.2) is 0 Å². The Kier molecular flexibility index (Phi) is 4.77. The van der Waals surface area contributed by atoms with E-state index in [0.717, 1.165) is 33.4 Å². The van der Waals surface area contributed by atoms with E-state index in [1.54, 1.807) is 0 Å². The van der Waals surface area contributed by atoms with Crippen molar-refractivity contribution < 1.29 is 9.59 Å². The molecule has 4 aliphatic rings. The van der Waals surface area contributed by atoms with Crippen molar-refractivity contribution in [3.05, 3.63) is 124 Å². The highest BCUT2D eigenvalue weighted by Gasteiger charge is 2.72. The van der Waals surface area contributed by atoms with Crippen LogP contribution >= 0.6 is 43.5 Å². The molecule has 0 aromatic heterocycles. The Hall–Kier alpha value is -2.73. The summed E-state index contributed by atoms with van der Waals surface area (Å²) in [6.07, 6.45) is 0. The Morgan fingerprint density at radius 1 is 0.583 bits per heavy atom. The fourth-order valence-electron chi connectivity index (χ4n) is 6.37. The number of amides is 2. The van der Waals surface area contributed by atoms with Gasteiger partial charge in [-0.15, -0.1) is 0 Å². The summed E-state index contributed by atoms with van der Waals surface area (Å²) in [5, 5.41) is 0.676. The fourth-order valence-corrected chi connectivity index (χ4v) is 8.80. The molecule has 1 saturated heterocycles. The zero-order valence-electron chi connectivity index (χ0n) is 18.8. The van der Waals surface area contributed by atoms with Crippen LogP contribution in [0.5, 0.6) is 0 Å². The van der Waals surface area contributed by atoms with Gasteiger partial charge < -0.3 is 0 Å². The monoisotopic (exact) mass is 617 g/mol. The summed E-state index contributed by atoms with van der Waals surface area (Å²) in [6.45, 7) is 0. The summed E-state index contributed by atoms with van der Waals surface area (Å²) < 4.78 is -1.57. The van der Waals surface area contributed by atoms with Gasteiger partial charge in [-0.25, -0.2) is 4.90 Å². The van der Waals surface area contributed by atoms with Crippen molar-refractivity contribution >= 4 is 61.0 Å². The predicted octanol–water partition coefficient (Wildman–Crippen LogP) is 7.42. The molecule has 4 aromatic carbocycles. The molecule has 3 nitrogen and oxygen atoms in total. The molecular formula is C30H18Br2ClNO2. The summed E-state index contributed by atoms with van der Waals surface area (Å²) in [5.74, 6) is -1.53. The molecule has 0 spiro atoms. The Labute approximate surface area is 230 Å². The van der Waals surface area contributed by atoms with Gasteiger partial charge in [0.05, 0.1) is 26.2 Å². The number of hydrogen-bond donors (Lipinski definition) is 0. The van der Waals surface area contributed by atoms with Crippen LogP contribution < -0.4 is 4.90 Å². The van der Waals surface area contributed by atoms with Crippen LogP contribution in [0.1, 0.15) is 22.3 Å². The van der Waals surface area contributed by atoms with E-state index < -0.39 is 20.5 Å². The van der Waals surface area contributed by atoms with Crippen molar-refractivity contribution in [2.45, 2.75) is 8.65 Å². The lowest BCUT2D eigenvalue weighted by Crippen LogP contribution is -2.56. The smallest absolute Gasteiger partial charge is 0.239 e. The molecule has 2 amide bonds. The van der Waals surface area contributed by atoms with Crippen molar-refractivity contribution in [1.29, 1.82) is 0 Å². The number of carbonyl (C=O) groups excluding carboxylic acids is 2. The Morgan fingerprint density at radius 3 is 1.33 bits per heavy atom. The number of rotatable bonds is 2. The van der Waals surface area contributed by atoms with Gasteiger partial charge in [0, 0.05) is 5.02 Å². The molecule has 3 aliphatic carbocycles. The molecular weight excluding hydrogens is 602 g/mol. The number of alkyl halides is 2. The molecule has 1 fully saturated rings. The third-order valence-electron chi connectivity index (χ3n) is 7.89.